The molecule has 7 rings (SSSR count). The molecule has 0 amide bonds. The van der Waals surface area contributed by atoms with Crippen LogP contribution in [0.4, 0.5) is 11.5 Å². The fraction of sp³-hybridized carbons (Fsp3) is 0.500. The van der Waals surface area contributed by atoms with E-state index in [0.717, 1.165) is 43.5 Å². The number of nitrogens with zero attached hydrogens (tertiary/aromatic N) is 4. The van der Waals surface area contributed by atoms with Gasteiger partial charge in [0.2, 0.25) is 0 Å². The molecule has 0 spiro atoms. The van der Waals surface area contributed by atoms with Crippen molar-refractivity contribution in [2.75, 3.05) is 36.5 Å². The number of rotatable bonds is 4. The first-order chi connectivity index (χ1) is 16.2. The number of ether oxygens (including phenoxy) is 1. The Morgan fingerprint density at radius 2 is 1.82 bits per heavy atom. The minimum Gasteiger partial charge on any atom is -0.378 e. The predicted octanol–water partition coefficient (Wildman–Crippen LogP) is 3.82. The van der Waals surface area contributed by atoms with E-state index in [1.165, 1.54) is 37.8 Å². The highest BCUT2D eigenvalue weighted by atomic mass is 16.5. The van der Waals surface area contributed by atoms with Crippen molar-refractivity contribution in [3.8, 4) is 11.3 Å². The molecule has 172 valence electrons. The van der Waals surface area contributed by atoms with Crippen LogP contribution in [-0.2, 0) is 11.8 Å². The summed E-state index contributed by atoms with van der Waals surface area (Å²) in [5.74, 6) is 2.16. The standard InChI is InChI=1S/C26H31N5O2/c1-30-16-27-23-15-22(19-6-8-20(9-7-19)31-10-12-33-13-11-31)29-25(24(23)26(30)32)28-21-14-17-2-4-18(21)5-3-17/h6-9,15-18,21H,2-5,10-14H2,1H3,(H,28,29). The Bertz CT molecular complexity index is 1210. The fourth-order valence-corrected chi connectivity index (χ4v) is 5.87. The SMILES string of the molecule is Cn1cnc2cc(-c3ccc(N4CCOCC4)cc3)nc(NC3CC4CCC3CC4)c2c1=O. The second-order valence-electron chi connectivity index (χ2n) is 9.82. The lowest BCUT2D eigenvalue weighted by atomic mass is 9.68. The molecule has 1 unspecified atom stereocenters. The monoisotopic (exact) mass is 445 g/mol. The molecule has 0 radical (unpaired) electrons. The molecule has 1 saturated heterocycles. The van der Waals surface area contributed by atoms with Gasteiger partial charge in [0.25, 0.3) is 5.56 Å². The normalized spacial score (nSPS) is 24.9. The third kappa shape index (κ3) is 3.88. The van der Waals surface area contributed by atoms with Crippen LogP contribution in [0.25, 0.3) is 22.2 Å². The number of aryl methyl sites for hydroxylation is 1. The number of morpholine rings is 1. The van der Waals surface area contributed by atoms with Crippen molar-refractivity contribution in [3.63, 3.8) is 0 Å². The lowest BCUT2D eigenvalue weighted by Gasteiger charge is -2.42. The average molecular weight is 446 g/mol. The maximum absolute atomic E-state index is 13.0. The van der Waals surface area contributed by atoms with Gasteiger partial charge in [0, 0.05) is 37.4 Å². The summed E-state index contributed by atoms with van der Waals surface area (Å²) in [6.07, 6.45) is 8.01. The lowest BCUT2D eigenvalue weighted by Crippen LogP contribution is -2.40. The number of fused-ring (bicyclic) bond motifs is 4. The molecule has 1 N–H and O–H groups in total. The second-order valence-corrected chi connectivity index (χ2v) is 9.82. The van der Waals surface area contributed by atoms with Gasteiger partial charge in [0.15, 0.2) is 0 Å². The number of benzene rings is 1. The molecular weight excluding hydrogens is 414 g/mol. The van der Waals surface area contributed by atoms with E-state index in [2.05, 4.69) is 39.5 Å². The number of nitrogens with one attached hydrogen (secondary N) is 1. The molecule has 1 aliphatic heterocycles. The van der Waals surface area contributed by atoms with Crippen LogP contribution in [0, 0.1) is 11.8 Å². The first kappa shape index (κ1) is 20.7. The van der Waals surface area contributed by atoms with Gasteiger partial charge < -0.3 is 19.5 Å². The Kier molecular flexibility index (Phi) is 5.29. The highest BCUT2D eigenvalue weighted by Gasteiger charge is 2.36. The van der Waals surface area contributed by atoms with Gasteiger partial charge in [-0.2, -0.15) is 0 Å². The van der Waals surface area contributed by atoms with E-state index in [0.29, 0.717) is 28.7 Å². The number of hydrogen-bond acceptors (Lipinski definition) is 6. The van der Waals surface area contributed by atoms with Gasteiger partial charge in [-0.15, -0.1) is 0 Å². The van der Waals surface area contributed by atoms with E-state index in [1.54, 1.807) is 17.9 Å². The van der Waals surface area contributed by atoms with Gasteiger partial charge in [-0.3, -0.25) is 4.79 Å². The molecule has 7 nitrogen and oxygen atoms in total. The molecule has 3 saturated carbocycles. The van der Waals surface area contributed by atoms with Crippen molar-refractivity contribution in [1.82, 2.24) is 14.5 Å². The van der Waals surface area contributed by atoms with E-state index < -0.39 is 0 Å². The van der Waals surface area contributed by atoms with Crippen LogP contribution in [0.3, 0.4) is 0 Å². The third-order valence-corrected chi connectivity index (χ3v) is 7.81. The number of pyridine rings is 1. The van der Waals surface area contributed by atoms with Crippen LogP contribution in [0.2, 0.25) is 0 Å². The molecule has 4 fully saturated rings. The highest BCUT2D eigenvalue weighted by Crippen LogP contribution is 2.42. The van der Waals surface area contributed by atoms with Crippen molar-refractivity contribution in [2.45, 2.75) is 38.1 Å². The molecular formula is C26H31N5O2. The zero-order valence-electron chi connectivity index (χ0n) is 19.2. The summed E-state index contributed by atoms with van der Waals surface area (Å²) in [5, 5.41) is 4.30. The molecule has 7 heteroatoms. The molecule has 2 aromatic heterocycles. The molecule has 3 heterocycles. The molecule has 3 aromatic rings. The Morgan fingerprint density at radius 3 is 2.52 bits per heavy atom. The molecule has 1 aromatic carbocycles. The van der Waals surface area contributed by atoms with Gasteiger partial charge >= 0.3 is 0 Å². The van der Waals surface area contributed by atoms with Crippen molar-refractivity contribution < 1.29 is 4.74 Å². The maximum Gasteiger partial charge on any atom is 0.264 e. The minimum atomic E-state index is -0.0508. The highest BCUT2D eigenvalue weighted by molar-refractivity contribution is 5.91. The fourth-order valence-electron chi connectivity index (χ4n) is 5.87. The van der Waals surface area contributed by atoms with Crippen LogP contribution in [0.5, 0.6) is 0 Å². The predicted molar refractivity (Wildman–Crippen MR) is 131 cm³/mol. The smallest absolute Gasteiger partial charge is 0.264 e. The summed E-state index contributed by atoms with van der Waals surface area (Å²) in [7, 11) is 1.75. The van der Waals surface area contributed by atoms with Crippen molar-refractivity contribution in [1.29, 1.82) is 0 Å². The zero-order valence-corrected chi connectivity index (χ0v) is 19.2. The Hall–Kier alpha value is -2.93. The Morgan fingerprint density at radius 1 is 1.06 bits per heavy atom. The minimum absolute atomic E-state index is 0.0508. The molecule has 1 atom stereocenters. The Labute approximate surface area is 193 Å². The van der Waals surface area contributed by atoms with Crippen LogP contribution < -0.4 is 15.8 Å². The van der Waals surface area contributed by atoms with Crippen LogP contribution in [0.1, 0.15) is 32.1 Å². The largest absolute Gasteiger partial charge is 0.378 e. The van der Waals surface area contributed by atoms with Crippen LogP contribution in [0.15, 0.2) is 41.5 Å². The number of aromatic nitrogens is 3. The van der Waals surface area contributed by atoms with Crippen molar-refractivity contribution in [2.24, 2.45) is 18.9 Å². The van der Waals surface area contributed by atoms with E-state index >= 15 is 0 Å². The summed E-state index contributed by atoms with van der Waals surface area (Å²) >= 11 is 0. The van der Waals surface area contributed by atoms with Crippen LogP contribution >= 0.6 is 0 Å². The topological polar surface area (TPSA) is 72.3 Å². The van der Waals surface area contributed by atoms with E-state index in [9.17, 15) is 4.79 Å². The van der Waals surface area contributed by atoms with Crippen molar-refractivity contribution >= 4 is 22.4 Å². The third-order valence-electron chi connectivity index (χ3n) is 7.81. The summed E-state index contributed by atoms with van der Waals surface area (Å²) in [4.78, 5) is 25.0. The lowest BCUT2D eigenvalue weighted by molar-refractivity contribution is 0.122. The van der Waals surface area contributed by atoms with E-state index in [4.69, 9.17) is 9.72 Å². The molecule has 4 aliphatic rings. The van der Waals surface area contributed by atoms with Crippen molar-refractivity contribution in [3.05, 3.63) is 47.0 Å². The first-order valence-electron chi connectivity index (χ1n) is 12.2. The molecule has 3 aliphatic carbocycles. The summed E-state index contributed by atoms with van der Waals surface area (Å²) in [6, 6.07) is 10.9. The summed E-state index contributed by atoms with van der Waals surface area (Å²) in [6.45, 7) is 3.37. The molecule has 2 bridgehead atoms. The van der Waals surface area contributed by atoms with Gasteiger partial charge in [-0.05, 0) is 49.3 Å². The summed E-state index contributed by atoms with van der Waals surface area (Å²) in [5.41, 5.74) is 3.73. The van der Waals surface area contributed by atoms with Gasteiger partial charge in [-0.25, -0.2) is 9.97 Å². The van der Waals surface area contributed by atoms with Gasteiger partial charge in [-0.1, -0.05) is 25.0 Å². The maximum atomic E-state index is 13.0. The van der Waals surface area contributed by atoms with Gasteiger partial charge in [0.1, 0.15) is 11.2 Å². The summed E-state index contributed by atoms with van der Waals surface area (Å²) < 4.78 is 7.01. The van der Waals surface area contributed by atoms with Crippen LogP contribution in [-0.4, -0.2) is 46.9 Å². The quantitative estimate of drug-likeness (QED) is 0.658. The van der Waals surface area contributed by atoms with E-state index in [1.807, 2.05) is 6.07 Å². The zero-order chi connectivity index (χ0) is 22.4. The number of hydrogen-bond donors (Lipinski definition) is 1. The van der Waals surface area contributed by atoms with Gasteiger partial charge in [0.05, 0.1) is 30.8 Å². The Balaban J connectivity index is 1.38. The number of anilines is 2. The first-order valence-corrected chi connectivity index (χ1v) is 12.2. The van der Waals surface area contributed by atoms with E-state index in [-0.39, 0.29) is 5.56 Å². The average Bonchev–Trinajstić information content (AvgIpc) is 2.87. The molecule has 33 heavy (non-hydrogen) atoms. The second kappa shape index (κ2) is 8.45.